The quantitative estimate of drug-likeness (QED) is 0.00606. The number of hydrogen-bond acceptors (Lipinski definition) is 21. The first-order chi connectivity index (χ1) is 63.1. The molecular weight excluding hydrogens is 1720 g/mol. The summed E-state index contributed by atoms with van der Waals surface area (Å²) in [5.74, 6) is -16.1. The van der Waals surface area contributed by atoms with Gasteiger partial charge < -0.3 is 84.6 Å². The molecule has 1 aromatic rings. The molecule has 3 aliphatic carbocycles. The van der Waals surface area contributed by atoms with Gasteiger partial charge in [-0.25, -0.2) is 13.2 Å². The predicted molar refractivity (Wildman–Crippen MR) is 492 cm³/mol. The molecule has 15 unspecified atom stereocenters. The molecule has 0 bridgehead atoms. The first-order valence-electron chi connectivity index (χ1n) is 49.8. The maximum atomic E-state index is 14.5. The van der Waals surface area contributed by atoms with Crippen LogP contribution in [-0.4, -0.2) is 206 Å². The van der Waals surface area contributed by atoms with E-state index in [2.05, 4.69) is 83.5 Å². The summed E-state index contributed by atoms with van der Waals surface area (Å²) >= 11 is 0. The second kappa shape index (κ2) is 67.9. The van der Waals surface area contributed by atoms with E-state index >= 15 is 0 Å². The highest BCUT2D eigenvalue weighted by Gasteiger charge is 2.45. The molecule has 0 spiro atoms. The molecule has 3 saturated carbocycles. The molecule has 132 heavy (non-hydrogen) atoms. The fraction of sp³-hybridized carbons (Fsp3) is 0.828. The summed E-state index contributed by atoms with van der Waals surface area (Å²) in [5, 5.41) is 21.0. The number of esters is 4. The van der Waals surface area contributed by atoms with Crippen molar-refractivity contribution in [3.05, 3.63) is 29.1 Å². The Morgan fingerprint density at radius 1 is 0.303 bits per heavy atom. The van der Waals surface area contributed by atoms with Gasteiger partial charge in [0.2, 0.25) is 76.2 Å². The second-order valence-corrected chi connectivity index (χ2v) is 37.6. The van der Waals surface area contributed by atoms with Crippen LogP contribution >= 0.6 is 0 Å². The molecule has 15 atom stereocenters. The number of hydrogen-bond donors (Lipinski definition) is 7. The molecule has 7 amide bonds. The van der Waals surface area contributed by atoms with Crippen molar-refractivity contribution in [2.45, 2.75) is 375 Å². The minimum atomic E-state index is -2.44. The van der Waals surface area contributed by atoms with E-state index < -0.39 is 65.1 Å². The van der Waals surface area contributed by atoms with E-state index in [1.807, 2.05) is 0 Å². The molecular formula is C99H166F5N7O21. The predicted octanol–water partition coefficient (Wildman–Crippen LogP) is 15.8. The summed E-state index contributed by atoms with van der Waals surface area (Å²) in [5.41, 5.74) is -1.55. The fourth-order valence-electron chi connectivity index (χ4n) is 18.2. The first-order valence-corrected chi connectivity index (χ1v) is 49.8. The summed E-state index contributed by atoms with van der Waals surface area (Å²) < 4.78 is 129. The lowest BCUT2D eigenvalue weighted by Crippen LogP contribution is -2.58. The van der Waals surface area contributed by atoms with E-state index in [0.29, 0.717) is 78.5 Å². The Kier molecular flexibility index (Phi) is 60.3. The number of unbranched alkanes of at least 4 members (excludes halogenated alkanes) is 27. The normalized spacial score (nSPS) is 22.3. The van der Waals surface area contributed by atoms with E-state index in [1.54, 1.807) is 0 Å². The van der Waals surface area contributed by atoms with Crippen molar-refractivity contribution >= 4 is 65.2 Å². The monoisotopic (exact) mass is 1880 g/mol. The molecule has 1 aromatic carbocycles. The van der Waals surface area contributed by atoms with Crippen LogP contribution in [0.1, 0.15) is 333 Å². The molecule has 758 valence electrons. The van der Waals surface area contributed by atoms with Gasteiger partial charge in [0, 0.05) is 113 Å². The number of carbonyl (C=O) groups is 11. The minimum Gasteiger partial charge on any atom is -0.466 e. The van der Waals surface area contributed by atoms with Crippen LogP contribution in [0, 0.1) is 82.3 Å². The average Bonchev–Trinajstić information content (AvgIpc) is 0.800. The van der Waals surface area contributed by atoms with E-state index in [-0.39, 0.29) is 208 Å². The lowest BCUT2D eigenvalue weighted by molar-refractivity contribution is -0.146. The lowest BCUT2D eigenvalue weighted by atomic mass is 9.70. The molecule has 28 nitrogen and oxygen atoms in total. The van der Waals surface area contributed by atoms with Crippen LogP contribution in [-0.2, 0) is 95.4 Å². The van der Waals surface area contributed by atoms with Gasteiger partial charge in [-0.15, -0.1) is 0 Å². The van der Waals surface area contributed by atoms with Crippen LogP contribution in [0.3, 0.4) is 0 Å². The largest absolute Gasteiger partial charge is 0.466 e. The molecule has 0 saturated heterocycles. The third-order valence-electron chi connectivity index (χ3n) is 26.6. The van der Waals surface area contributed by atoms with Crippen LogP contribution < -0.4 is 42.0 Å². The Morgan fingerprint density at radius 3 is 0.826 bits per heavy atom. The van der Waals surface area contributed by atoms with E-state index in [0.717, 1.165) is 193 Å². The molecule has 0 radical (unpaired) electrons. The zero-order valence-corrected chi connectivity index (χ0v) is 81.8. The van der Waals surface area contributed by atoms with Gasteiger partial charge in [-0.1, -0.05) is 196 Å². The van der Waals surface area contributed by atoms with Gasteiger partial charge in [-0.3, -0.25) is 52.7 Å². The van der Waals surface area contributed by atoms with Crippen molar-refractivity contribution in [3.8, 4) is 5.75 Å². The zero-order chi connectivity index (χ0) is 97.2. The van der Waals surface area contributed by atoms with Crippen LogP contribution in [0.2, 0.25) is 0 Å². The summed E-state index contributed by atoms with van der Waals surface area (Å²) in [6.45, 7) is 24.4. The average molecular weight is 1890 g/mol. The molecule has 0 heterocycles. The van der Waals surface area contributed by atoms with Gasteiger partial charge in [-0.2, -0.15) is 8.78 Å². The van der Waals surface area contributed by atoms with E-state index in [9.17, 15) is 74.7 Å². The summed E-state index contributed by atoms with van der Waals surface area (Å²) in [4.78, 5) is 137. The third kappa shape index (κ3) is 48.5. The van der Waals surface area contributed by atoms with Crippen LogP contribution in [0.5, 0.6) is 5.75 Å². The molecule has 0 aromatic heterocycles. The van der Waals surface area contributed by atoms with E-state index in [4.69, 9.17) is 42.6 Å². The third-order valence-corrected chi connectivity index (χ3v) is 26.6. The second-order valence-electron chi connectivity index (χ2n) is 37.6. The number of ether oxygens (including phenoxy) is 10. The Bertz CT molecular complexity index is 3230. The number of halogens is 5. The van der Waals surface area contributed by atoms with Crippen LogP contribution in [0.4, 0.5) is 22.0 Å². The van der Waals surface area contributed by atoms with Gasteiger partial charge >= 0.3 is 23.9 Å². The number of benzene rings is 1. The Morgan fingerprint density at radius 2 is 0.561 bits per heavy atom. The molecule has 3 aliphatic rings. The van der Waals surface area contributed by atoms with Crippen molar-refractivity contribution in [2.24, 2.45) is 53.3 Å². The summed E-state index contributed by atoms with van der Waals surface area (Å²) in [6.07, 6.45) is 30.2. The first kappa shape index (κ1) is 117. The highest BCUT2D eigenvalue weighted by molar-refractivity contribution is 5.79. The summed E-state index contributed by atoms with van der Waals surface area (Å²) in [6, 6.07) is -0.333. The van der Waals surface area contributed by atoms with Gasteiger partial charge in [0.15, 0.2) is 0 Å². The smallest absolute Gasteiger partial charge is 0.311 e. The molecule has 3 fully saturated rings. The minimum absolute atomic E-state index is 0.0578. The molecule has 7 N–H and O–H groups in total. The van der Waals surface area contributed by atoms with Crippen LogP contribution in [0.25, 0.3) is 0 Å². The lowest BCUT2D eigenvalue weighted by Gasteiger charge is -2.44. The number of carbonyl (C=O) groups excluding carboxylic acids is 11. The van der Waals surface area contributed by atoms with Gasteiger partial charge in [0.25, 0.3) is 0 Å². The maximum absolute atomic E-state index is 14.5. The van der Waals surface area contributed by atoms with Crippen molar-refractivity contribution < 1.29 is 122 Å². The number of nitrogens with one attached hydrogen (secondary N) is 7. The maximum Gasteiger partial charge on any atom is 0.311 e. The van der Waals surface area contributed by atoms with Crippen LogP contribution in [0.15, 0.2) is 0 Å². The van der Waals surface area contributed by atoms with E-state index in [1.165, 1.54) is 41.5 Å². The molecule has 33 heteroatoms. The topological polar surface area (TPSA) is 364 Å². The number of amides is 7. The Labute approximate surface area is 783 Å². The van der Waals surface area contributed by atoms with Crippen molar-refractivity contribution in [2.75, 3.05) is 98.9 Å². The highest BCUT2D eigenvalue weighted by atomic mass is 19.2. The SMILES string of the molecule is CC(=O)NC1C(OCCCCCCCCCCCCNC(=O)CCOCC(COCCC(=O)NCCCCCCCCCCCCOC2CC(COC(C)=O)C(C)C(C)C2NC(C)=O)(COCCC(=O)NCCCCCCCCCCCCOC2CC(COC(C)=O)C(C)C(C)C2NC(C)=O)NC(=O)CCCC(=O)Oc2c(F)c(F)c(F)c(F)c2F)CC(COC(C)=O)C(C)C1C. The van der Waals surface area contributed by atoms with Crippen molar-refractivity contribution in [3.63, 3.8) is 0 Å². The van der Waals surface area contributed by atoms with Gasteiger partial charge in [-0.05, 0) is 117 Å². The zero-order valence-electron chi connectivity index (χ0n) is 81.8. The Balaban J connectivity index is 1.26. The summed E-state index contributed by atoms with van der Waals surface area (Å²) in [7, 11) is 0. The number of rotatable bonds is 72. The van der Waals surface area contributed by atoms with Crippen molar-refractivity contribution in [1.29, 1.82) is 0 Å². The molecule has 4 rings (SSSR count). The van der Waals surface area contributed by atoms with Gasteiger partial charge in [0.05, 0.1) is 95.9 Å². The Hall–Kier alpha value is -7.20. The van der Waals surface area contributed by atoms with Gasteiger partial charge in [0.1, 0.15) is 5.54 Å². The fourth-order valence-corrected chi connectivity index (χ4v) is 18.2. The highest BCUT2D eigenvalue weighted by Crippen LogP contribution is 2.41. The standard InChI is InChI=1S/C99H166F5N7O21/c1-67-70(4)95(108-73(7)112)82(58-79(67)61-129-76(10)115)126-52-40-34-28-22-16-13-19-25-31-37-49-105-85(118)46-55-123-64-99(111-88(121)44-43-45-89(122)132-98-93(103)91(101)90(100)92(102)94(98)104,65-124-56-47-86(119)106-50-38-32-26-20-14-17-23-29-35-41-53-127-83-59-80(62-130-77(11)116)68(2)71(5)96(83)109-74(8)113)66-125-57-48-87(120)107-51-39-33-27-21-15-18-24-30-36-42-54-128-84-60-81(63-131-78(12)117)69(3)72(6)97(84)110-75(9)114/h67-72,79-84,95-97H,13-66H2,1-12H3,(H,105,118)(H,106,119)(H,107,120)(H,108,112)(H,109,113)(H,110,114)(H,111,121). The molecule has 0 aliphatic heterocycles. The van der Waals surface area contributed by atoms with Crippen molar-refractivity contribution in [1.82, 2.24) is 37.2 Å².